The summed E-state index contributed by atoms with van der Waals surface area (Å²) in [4.78, 5) is 11.8. The minimum Gasteiger partial charge on any atom is -0.335 e. The van der Waals surface area contributed by atoms with Crippen LogP contribution in [0.15, 0.2) is 36.5 Å². The molecule has 0 atom stereocenters. The van der Waals surface area contributed by atoms with Gasteiger partial charge in [-0.3, -0.25) is 0 Å². The first-order valence-corrected chi connectivity index (χ1v) is 5.69. The zero-order valence-electron chi connectivity index (χ0n) is 9.24. The van der Waals surface area contributed by atoms with Gasteiger partial charge in [0.25, 0.3) is 0 Å². The van der Waals surface area contributed by atoms with Crippen molar-refractivity contribution in [2.45, 2.75) is 6.92 Å². The molecule has 2 aromatic heterocycles. The van der Waals surface area contributed by atoms with Gasteiger partial charge in [-0.1, -0.05) is 41.4 Å². The minimum atomic E-state index is 0.640. The SMILES string of the molecule is Cc1ccc(-c2nc3nccc(Cl)c3[nH]2)cc1. The Morgan fingerprint density at radius 2 is 1.88 bits per heavy atom. The van der Waals surface area contributed by atoms with E-state index in [1.807, 2.05) is 12.1 Å². The van der Waals surface area contributed by atoms with Gasteiger partial charge in [-0.2, -0.15) is 0 Å². The first-order valence-electron chi connectivity index (χ1n) is 5.31. The van der Waals surface area contributed by atoms with E-state index < -0.39 is 0 Å². The number of hydrogen-bond acceptors (Lipinski definition) is 2. The van der Waals surface area contributed by atoms with Gasteiger partial charge in [0.2, 0.25) is 0 Å². The Balaban J connectivity index is 2.18. The molecule has 17 heavy (non-hydrogen) atoms. The van der Waals surface area contributed by atoms with Crippen molar-refractivity contribution < 1.29 is 0 Å². The number of H-pyrrole nitrogens is 1. The summed E-state index contributed by atoms with van der Waals surface area (Å²) in [5.41, 5.74) is 3.68. The summed E-state index contributed by atoms with van der Waals surface area (Å²) in [6.07, 6.45) is 1.66. The van der Waals surface area contributed by atoms with Crippen LogP contribution in [0.2, 0.25) is 5.02 Å². The normalized spacial score (nSPS) is 10.9. The van der Waals surface area contributed by atoms with Crippen molar-refractivity contribution in [3.8, 4) is 11.4 Å². The second-order valence-corrected chi connectivity index (χ2v) is 4.35. The molecule has 0 radical (unpaired) electrons. The van der Waals surface area contributed by atoms with E-state index in [4.69, 9.17) is 11.6 Å². The Kier molecular flexibility index (Phi) is 2.34. The average Bonchev–Trinajstić information content (AvgIpc) is 2.75. The number of aromatic amines is 1. The Hall–Kier alpha value is -1.87. The van der Waals surface area contributed by atoms with Crippen LogP contribution in [0.25, 0.3) is 22.6 Å². The fourth-order valence-electron chi connectivity index (χ4n) is 1.73. The number of rotatable bonds is 1. The van der Waals surface area contributed by atoms with Gasteiger partial charge in [0.1, 0.15) is 11.3 Å². The van der Waals surface area contributed by atoms with Gasteiger partial charge in [-0.15, -0.1) is 0 Å². The monoisotopic (exact) mass is 243 g/mol. The molecule has 0 fully saturated rings. The molecule has 1 aromatic carbocycles. The first-order chi connectivity index (χ1) is 8.24. The first kappa shape index (κ1) is 10.3. The molecule has 0 saturated heterocycles. The predicted octanol–water partition coefficient (Wildman–Crippen LogP) is 3.59. The molecular formula is C13H10ClN3. The lowest BCUT2D eigenvalue weighted by atomic mass is 10.1. The summed E-state index contributed by atoms with van der Waals surface area (Å²) in [6, 6.07) is 9.91. The second kappa shape index (κ2) is 3.86. The van der Waals surface area contributed by atoms with Crippen molar-refractivity contribution in [2.24, 2.45) is 0 Å². The molecule has 84 valence electrons. The minimum absolute atomic E-state index is 0.640. The number of nitrogens with zero attached hydrogens (tertiary/aromatic N) is 2. The summed E-state index contributed by atoms with van der Waals surface area (Å²) in [6.45, 7) is 2.06. The number of fused-ring (bicyclic) bond motifs is 1. The lowest BCUT2D eigenvalue weighted by Gasteiger charge is -1.96. The second-order valence-electron chi connectivity index (χ2n) is 3.94. The topological polar surface area (TPSA) is 41.6 Å². The molecule has 1 N–H and O–H groups in total. The molecule has 0 spiro atoms. The molecule has 2 heterocycles. The van der Waals surface area contributed by atoms with Crippen molar-refractivity contribution in [3.05, 3.63) is 47.1 Å². The van der Waals surface area contributed by atoms with Gasteiger partial charge in [-0.05, 0) is 13.0 Å². The maximum absolute atomic E-state index is 6.07. The Morgan fingerprint density at radius 3 is 2.59 bits per heavy atom. The van der Waals surface area contributed by atoms with E-state index >= 15 is 0 Å². The number of aromatic nitrogens is 3. The third kappa shape index (κ3) is 1.78. The van der Waals surface area contributed by atoms with E-state index in [-0.39, 0.29) is 0 Å². The number of imidazole rings is 1. The fourth-order valence-corrected chi connectivity index (χ4v) is 1.92. The smallest absolute Gasteiger partial charge is 0.179 e. The summed E-state index contributed by atoms with van der Waals surface area (Å²) < 4.78 is 0. The van der Waals surface area contributed by atoms with Gasteiger partial charge in [0.15, 0.2) is 5.65 Å². The van der Waals surface area contributed by atoms with Gasteiger partial charge < -0.3 is 4.98 Å². The molecule has 0 aliphatic rings. The van der Waals surface area contributed by atoms with Crippen LogP contribution in [0.5, 0.6) is 0 Å². The summed E-state index contributed by atoms with van der Waals surface area (Å²) in [7, 11) is 0. The molecule has 0 aliphatic carbocycles. The number of nitrogens with one attached hydrogen (secondary N) is 1. The van der Waals surface area contributed by atoms with E-state index in [2.05, 4.69) is 34.0 Å². The van der Waals surface area contributed by atoms with E-state index in [9.17, 15) is 0 Å². The van der Waals surface area contributed by atoms with E-state index in [0.717, 1.165) is 16.9 Å². The molecular weight excluding hydrogens is 234 g/mol. The van der Waals surface area contributed by atoms with Crippen LogP contribution >= 0.6 is 11.6 Å². The van der Waals surface area contributed by atoms with Crippen LogP contribution in [0.3, 0.4) is 0 Å². The average molecular weight is 244 g/mol. The largest absolute Gasteiger partial charge is 0.335 e. The predicted molar refractivity (Wildman–Crippen MR) is 69.1 cm³/mol. The Bertz CT molecular complexity index is 671. The standard InChI is InChI=1S/C13H10ClN3/c1-8-2-4-9(5-3-8)12-16-11-10(14)6-7-15-13(11)17-12/h2-7H,1H3,(H,15,16,17). The lowest BCUT2D eigenvalue weighted by molar-refractivity contribution is 1.30. The molecule has 4 heteroatoms. The van der Waals surface area contributed by atoms with Crippen LogP contribution in [0.1, 0.15) is 5.56 Å². The van der Waals surface area contributed by atoms with Crippen LogP contribution in [0.4, 0.5) is 0 Å². The lowest BCUT2D eigenvalue weighted by Crippen LogP contribution is -1.80. The number of pyridine rings is 1. The van der Waals surface area contributed by atoms with Crippen LogP contribution in [0, 0.1) is 6.92 Å². The van der Waals surface area contributed by atoms with Crippen molar-refractivity contribution in [2.75, 3.05) is 0 Å². The summed E-state index contributed by atoms with van der Waals surface area (Å²) >= 11 is 6.07. The van der Waals surface area contributed by atoms with Gasteiger partial charge in [0, 0.05) is 11.8 Å². The van der Waals surface area contributed by atoms with Gasteiger partial charge in [-0.25, -0.2) is 9.97 Å². The van der Waals surface area contributed by atoms with Crippen LogP contribution < -0.4 is 0 Å². The maximum atomic E-state index is 6.07. The molecule has 0 unspecified atom stereocenters. The highest BCUT2D eigenvalue weighted by molar-refractivity contribution is 6.34. The molecule has 0 bridgehead atoms. The molecule has 3 nitrogen and oxygen atoms in total. The van der Waals surface area contributed by atoms with Crippen molar-refractivity contribution in [1.82, 2.24) is 15.0 Å². The number of hydrogen-bond donors (Lipinski definition) is 1. The molecule has 0 saturated carbocycles. The highest BCUT2D eigenvalue weighted by Crippen LogP contribution is 2.24. The van der Waals surface area contributed by atoms with E-state index in [0.29, 0.717) is 10.7 Å². The fraction of sp³-hybridized carbons (Fsp3) is 0.0769. The Morgan fingerprint density at radius 1 is 1.12 bits per heavy atom. The van der Waals surface area contributed by atoms with Gasteiger partial charge in [0.05, 0.1) is 5.02 Å². The zero-order chi connectivity index (χ0) is 11.8. The van der Waals surface area contributed by atoms with Gasteiger partial charge >= 0.3 is 0 Å². The number of benzene rings is 1. The van der Waals surface area contributed by atoms with Crippen LogP contribution in [-0.4, -0.2) is 15.0 Å². The number of aryl methyl sites for hydroxylation is 1. The Labute approximate surface area is 103 Å². The highest BCUT2D eigenvalue weighted by Gasteiger charge is 2.08. The third-order valence-corrected chi connectivity index (χ3v) is 2.98. The van der Waals surface area contributed by atoms with Crippen LogP contribution in [-0.2, 0) is 0 Å². The third-order valence-electron chi connectivity index (χ3n) is 2.67. The zero-order valence-corrected chi connectivity index (χ0v) is 9.99. The summed E-state index contributed by atoms with van der Waals surface area (Å²) in [5, 5.41) is 0.640. The maximum Gasteiger partial charge on any atom is 0.179 e. The van der Waals surface area contributed by atoms with Crippen molar-refractivity contribution in [1.29, 1.82) is 0 Å². The van der Waals surface area contributed by atoms with E-state index in [1.165, 1.54) is 5.56 Å². The highest BCUT2D eigenvalue weighted by atomic mass is 35.5. The van der Waals surface area contributed by atoms with Crippen molar-refractivity contribution in [3.63, 3.8) is 0 Å². The van der Waals surface area contributed by atoms with E-state index in [1.54, 1.807) is 12.3 Å². The molecule has 0 amide bonds. The molecule has 3 aromatic rings. The van der Waals surface area contributed by atoms with Crippen molar-refractivity contribution >= 4 is 22.8 Å². The molecule has 0 aliphatic heterocycles. The quantitative estimate of drug-likeness (QED) is 0.710. The molecule has 3 rings (SSSR count). The number of halogens is 1. The summed E-state index contributed by atoms with van der Waals surface area (Å²) in [5.74, 6) is 0.792.